The molecule has 0 spiro atoms. The number of nitriles is 1. The maximum absolute atomic E-state index is 12.5. The molecule has 0 aliphatic rings. The van der Waals surface area contributed by atoms with Crippen LogP contribution in [-0.4, -0.2) is 9.91 Å². The first-order valence-corrected chi connectivity index (χ1v) is 3.31. The van der Waals surface area contributed by atoms with Crippen molar-refractivity contribution in [3.05, 3.63) is 33.9 Å². The average Bonchev–Trinajstić information content (AvgIpc) is 2.08. The highest BCUT2D eigenvalue weighted by Gasteiger charge is 2.15. The van der Waals surface area contributed by atoms with E-state index in [2.05, 4.69) is 4.98 Å². The Morgan fingerprint density at radius 2 is 2.46 bits per heavy atom. The third-order valence-corrected chi connectivity index (χ3v) is 1.36. The molecule has 5 nitrogen and oxygen atoms in total. The molecule has 0 atom stereocenters. The van der Waals surface area contributed by atoms with Crippen LogP contribution >= 0.6 is 0 Å². The van der Waals surface area contributed by atoms with E-state index >= 15 is 0 Å². The lowest BCUT2D eigenvalue weighted by Gasteiger charge is -1.96. The molecule has 0 unspecified atom stereocenters. The minimum atomic E-state index is -0.784. The van der Waals surface area contributed by atoms with Crippen molar-refractivity contribution in [2.45, 2.75) is 6.42 Å². The third kappa shape index (κ3) is 1.96. The van der Waals surface area contributed by atoms with Gasteiger partial charge < -0.3 is 0 Å². The van der Waals surface area contributed by atoms with Gasteiger partial charge in [0.25, 0.3) is 5.69 Å². The summed E-state index contributed by atoms with van der Waals surface area (Å²) in [5, 5.41) is 18.6. The number of hydrogen-bond acceptors (Lipinski definition) is 4. The van der Waals surface area contributed by atoms with Crippen LogP contribution in [0.5, 0.6) is 0 Å². The van der Waals surface area contributed by atoms with Crippen molar-refractivity contribution < 1.29 is 9.31 Å². The van der Waals surface area contributed by atoms with Crippen molar-refractivity contribution in [2.75, 3.05) is 0 Å². The average molecular weight is 181 g/mol. The van der Waals surface area contributed by atoms with Gasteiger partial charge in [-0.15, -0.1) is 0 Å². The predicted molar refractivity (Wildman–Crippen MR) is 40.2 cm³/mol. The second-order valence-electron chi connectivity index (χ2n) is 2.21. The van der Waals surface area contributed by atoms with E-state index in [1.165, 1.54) is 0 Å². The van der Waals surface area contributed by atoms with Crippen molar-refractivity contribution in [2.24, 2.45) is 0 Å². The zero-order valence-electron chi connectivity index (χ0n) is 6.40. The van der Waals surface area contributed by atoms with Crippen molar-refractivity contribution in [1.29, 1.82) is 5.26 Å². The molecule has 6 heteroatoms. The van der Waals surface area contributed by atoms with Crippen LogP contribution in [0.4, 0.5) is 10.1 Å². The summed E-state index contributed by atoms with van der Waals surface area (Å²) in [4.78, 5) is 13.0. The molecule has 0 saturated carbocycles. The number of nitro groups is 1. The fourth-order valence-electron chi connectivity index (χ4n) is 0.826. The van der Waals surface area contributed by atoms with E-state index in [0.717, 1.165) is 12.3 Å². The Labute approximate surface area is 72.6 Å². The molecule has 0 saturated heterocycles. The third-order valence-electron chi connectivity index (χ3n) is 1.36. The van der Waals surface area contributed by atoms with Crippen molar-refractivity contribution in [1.82, 2.24) is 4.98 Å². The molecule has 0 aliphatic heterocycles. The first kappa shape index (κ1) is 9.06. The van der Waals surface area contributed by atoms with Crippen molar-refractivity contribution in [3.63, 3.8) is 0 Å². The molecule has 0 aliphatic carbocycles. The number of hydrogen-bond donors (Lipinski definition) is 0. The summed E-state index contributed by atoms with van der Waals surface area (Å²) >= 11 is 0. The van der Waals surface area contributed by atoms with Gasteiger partial charge >= 0.3 is 0 Å². The first-order chi connectivity index (χ1) is 6.15. The molecule has 1 rings (SSSR count). The SMILES string of the molecule is N#CCc1ncc(F)cc1[N+](=O)[O-]. The van der Waals surface area contributed by atoms with Crippen LogP contribution < -0.4 is 0 Å². The van der Waals surface area contributed by atoms with Crippen LogP contribution in [0.1, 0.15) is 5.69 Å². The van der Waals surface area contributed by atoms with Crippen LogP contribution in [-0.2, 0) is 6.42 Å². The normalized spacial score (nSPS) is 9.23. The number of nitrogens with zero attached hydrogens (tertiary/aromatic N) is 3. The molecular weight excluding hydrogens is 177 g/mol. The Kier molecular flexibility index (Phi) is 2.50. The highest BCUT2D eigenvalue weighted by molar-refractivity contribution is 5.36. The van der Waals surface area contributed by atoms with Crippen LogP contribution in [0.25, 0.3) is 0 Å². The van der Waals surface area contributed by atoms with Gasteiger partial charge in [0.15, 0.2) is 0 Å². The fraction of sp³-hybridized carbons (Fsp3) is 0.143. The molecule has 1 aromatic heterocycles. The molecular formula is C7H4FN3O2. The Morgan fingerprint density at radius 1 is 1.77 bits per heavy atom. The van der Waals surface area contributed by atoms with Gasteiger partial charge in [-0.3, -0.25) is 10.1 Å². The summed E-state index contributed by atoms with van der Waals surface area (Å²) in [7, 11) is 0. The second-order valence-corrected chi connectivity index (χ2v) is 2.21. The van der Waals surface area contributed by atoms with E-state index < -0.39 is 16.4 Å². The monoisotopic (exact) mass is 181 g/mol. The maximum atomic E-state index is 12.5. The topological polar surface area (TPSA) is 79.8 Å². The lowest BCUT2D eigenvalue weighted by molar-refractivity contribution is -0.386. The number of rotatable bonds is 2. The van der Waals surface area contributed by atoms with E-state index in [1.54, 1.807) is 6.07 Å². The minimum Gasteiger partial charge on any atom is -0.258 e. The summed E-state index contributed by atoms with van der Waals surface area (Å²) in [5.41, 5.74) is -0.476. The summed E-state index contributed by atoms with van der Waals surface area (Å²) in [5.74, 6) is -0.784. The Morgan fingerprint density at radius 3 is 3.00 bits per heavy atom. The van der Waals surface area contributed by atoms with Gasteiger partial charge in [-0.1, -0.05) is 0 Å². The van der Waals surface area contributed by atoms with Gasteiger partial charge in [0.2, 0.25) is 0 Å². The molecule has 66 valence electrons. The minimum absolute atomic E-state index is 0.0195. The van der Waals surface area contributed by atoms with Crippen LogP contribution in [0.3, 0.4) is 0 Å². The van der Waals surface area contributed by atoms with E-state index in [4.69, 9.17) is 5.26 Å². The Hall–Kier alpha value is -2.03. The second kappa shape index (κ2) is 3.58. The molecule has 0 aromatic carbocycles. The summed E-state index contributed by atoms with van der Waals surface area (Å²) < 4.78 is 12.5. The smallest absolute Gasteiger partial charge is 0.258 e. The molecule has 1 aromatic rings. The lowest BCUT2D eigenvalue weighted by atomic mass is 10.2. The maximum Gasteiger partial charge on any atom is 0.294 e. The van der Waals surface area contributed by atoms with Gasteiger partial charge in [-0.05, 0) is 0 Å². The highest BCUT2D eigenvalue weighted by Crippen LogP contribution is 2.16. The predicted octanol–water partition coefficient (Wildman–Crippen LogP) is 1.19. The van der Waals surface area contributed by atoms with Crippen LogP contribution in [0.15, 0.2) is 12.3 Å². The van der Waals surface area contributed by atoms with Gasteiger partial charge in [0.1, 0.15) is 11.5 Å². The van der Waals surface area contributed by atoms with E-state index in [0.29, 0.717) is 0 Å². The molecule has 0 radical (unpaired) electrons. The highest BCUT2D eigenvalue weighted by atomic mass is 19.1. The summed E-state index contributed by atoms with van der Waals surface area (Å²) in [6, 6.07) is 2.46. The van der Waals surface area contributed by atoms with Crippen molar-refractivity contribution in [3.8, 4) is 6.07 Å². The fourth-order valence-corrected chi connectivity index (χ4v) is 0.826. The summed E-state index contributed by atoms with van der Waals surface area (Å²) in [6.45, 7) is 0. The van der Waals surface area contributed by atoms with Gasteiger partial charge in [0, 0.05) is 0 Å². The number of halogens is 1. The molecule has 13 heavy (non-hydrogen) atoms. The van der Waals surface area contributed by atoms with E-state index in [9.17, 15) is 14.5 Å². The zero-order chi connectivity index (χ0) is 9.84. The number of pyridine rings is 1. The summed E-state index contributed by atoms with van der Waals surface area (Å²) in [6.07, 6.45) is 0.649. The van der Waals surface area contributed by atoms with Crippen molar-refractivity contribution >= 4 is 5.69 Å². The molecule has 1 heterocycles. The van der Waals surface area contributed by atoms with E-state index in [-0.39, 0.29) is 12.1 Å². The molecule has 0 amide bonds. The number of aromatic nitrogens is 1. The molecule has 0 fully saturated rings. The quantitative estimate of drug-likeness (QED) is 0.507. The molecule has 0 bridgehead atoms. The van der Waals surface area contributed by atoms with Crippen LogP contribution in [0, 0.1) is 27.3 Å². The van der Waals surface area contributed by atoms with Gasteiger partial charge in [-0.25, -0.2) is 9.37 Å². The zero-order valence-corrected chi connectivity index (χ0v) is 6.40. The van der Waals surface area contributed by atoms with Gasteiger partial charge in [0.05, 0.1) is 29.7 Å². The molecule has 0 N–H and O–H groups in total. The first-order valence-electron chi connectivity index (χ1n) is 3.31. The van der Waals surface area contributed by atoms with E-state index in [1.807, 2.05) is 0 Å². The largest absolute Gasteiger partial charge is 0.294 e. The Bertz CT molecular complexity index is 386. The van der Waals surface area contributed by atoms with Gasteiger partial charge in [-0.2, -0.15) is 5.26 Å². The Balaban J connectivity index is 3.20. The lowest BCUT2D eigenvalue weighted by Crippen LogP contribution is -1.98. The standard InChI is InChI=1S/C7H4FN3O2/c8-5-3-7(11(12)13)6(1-2-9)10-4-5/h3-4H,1H2. The van der Waals surface area contributed by atoms with Crippen LogP contribution in [0.2, 0.25) is 0 Å².